The van der Waals surface area contributed by atoms with Crippen molar-refractivity contribution in [1.82, 2.24) is 5.32 Å². The molecule has 0 aliphatic heterocycles. The third kappa shape index (κ3) is 3.79. The summed E-state index contributed by atoms with van der Waals surface area (Å²) in [6, 6.07) is 0.766. The van der Waals surface area contributed by atoms with Crippen molar-refractivity contribution in [2.45, 2.75) is 65.8 Å². The van der Waals surface area contributed by atoms with E-state index in [0.717, 1.165) is 23.8 Å². The fourth-order valence-corrected chi connectivity index (χ4v) is 3.07. The molecule has 0 saturated heterocycles. The predicted molar refractivity (Wildman–Crippen MR) is 68.0 cm³/mol. The molecule has 0 aromatic heterocycles. The molecule has 0 bridgehead atoms. The monoisotopic (exact) mass is 211 g/mol. The van der Waals surface area contributed by atoms with Gasteiger partial charge < -0.3 is 5.32 Å². The fraction of sp³-hybridized carbons (Fsp3) is 1.00. The fourth-order valence-electron chi connectivity index (χ4n) is 3.07. The predicted octanol–water partition coefficient (Wildman–Crippen LogP) is 3.84. The minimum atomic E-state index is 0.766. The van der Waals surface area contributed by atoms with Gasteiger partial charge in [-0.25, -0.2) is 0 Å². The van der Waals surface area contributed by atoms with Crippen LogP contribution in [0, 0.1) is 17.8 Å². The van der Waals surface area contributed by atoms with E-state index in [-0.39, 0.29) is 0 Å². The Kier molecular flexibility index (Phi) is 5.66. The number of rotatable bonds is 5. The summed E-state index contributed by atoms with van der Waals surface area (Å²) in [4.78, 5) is 0. The molecule has 1 aliphatic carbocycles. The molecular formula is C14H29N. The van der Waals surface area contributed by atoms with Gasteiger partial charge in [0.25, 0.3) is 0 Å². The van der Waals surface area contributed by atoms with Gasteiger partial charge in [0.15, 0.2) is 0 Å². The Morgan fingerprint density at radius 1 is 1.20 bits per heavy atom. The zero-order valence-corrected chi connectivity index (χ0v) is 11.1. The molecule has 4 unspecified atom stereocenters. The first kappa shape index (κ1) is 13.0. The van der Waals surface area contributed by atoms with E-state index in [2.05, 4.69) is 33.0 Å². The first-order chi connectivity index (χ1) is 7.19. The van der Waals surface area contributed by atoms with Gasteiger partial charge >= 0.3 is 0 Å². The molecule has 0 amide bonds. The van der Waals surface area contributed by atoms with Gasteiger partial charge in [-0.15, -0.1) is 0 Å². The molecule has 1 fully saturated rings. The molecule has 0 spiro atoms. The SMILES string of the molecule is CCCNC(CC)C1CC(C)CCC1C. The van der Waals surface area contributed by atoms with Crippen LogP contribution in [0.15, 0.2) is 0 Å². The summed E-state index contributed by atoms with van der Waals surface area (Å²) >= 11 is 0. The first-order valence-corrected chi connectivity index (χ1v) is 6.92. The van der Waals surface area contributed by atoms with Crippen molar-refractivity contribution in [2.24, 2.45) is 17.8 Å². The van der Waals surface area contributed by atoms with Gasteiger partial charge in [0.1, 0.15) is 0 Å². The zero-order chi connectivity index (χ0) is 11.3. The number of hydrogen-bond acceptors (Lipinski definition) is 1. The molecule has 15 heavy (non-hydrogen) atoms. The van der Waals surface area contributed by atoms with Crippen LogP contribution in [0.25, 0.3) is 0 Å². The third-order valence-electron chi connectivity index (χ3n) is 4.13. The lowest BCUT2D eigenvalue weighted by Crippen LogP contribution is -2.41. The van der Waals surface area contributed by atoms with Crippen LogP contribution in [-0.4, -0.2) is 12.6 Å². The number of nitrogens with one attached hydrogen (secondary N) is 1. The van der Waals surface area contributed by atoms with Crippen molar-refractivity contribution in [2.75, 3.05) is 6.54 Å². The molecule has 0 aromatic carbocycles. The Bertz CT molecular complexity index is 167. The van der Waals surface area contributed by atoms with Gasteiger partial charge in [-0.3, -0.25) is 0 Å². The van der Waals surface area contributed by atoms with Crippen molar-refractivity contribution >= 4 is 0 Å². The summed E-state index contributed by atoms with van der Waals surface area (Å²) in [7, 11) is 0. The van der Waals surface area contributed by atoms with Gasteiger partial charge in [0, 0.05) is 6.04 Å². The second-order valence-electron chi connectivity index (χ2n) is 5.53. The van der Waals surface area contributed by atoms with E-state index in [0.29, 0.717) is 0 Å². The van der Waals surface area contributed by atoms with Gasteiger partial charge in [0.05, 0.1) is 0 Å². The van der Waals surface area contributed by atoms with Crippen LogP contribution in [-0.2, 0) is 0 Å². The first-order valence-electron chi connectivity index (χ1n) is 6.92. The van der Waals surface area contributed by atoms with Crippen molar-refractivity contribution in [3.63, 3.8) is 0 Å². The standard InChI is InChI=1S/C14H29N/c1-5-9-15-14(6-2)13-10-11(3)7-8-12(13)4/h11-15H,5-10H2,1-4H3. The number of hydrogen-bond donors (Lipinski definition) is 1. The smallest absolute Gasteiger partial charge is 0.00953 e. The molecule has 0 heterocycles. The van der Waals surface area contributed by atoms with Crippen molar-refractivity contribution < 1.29 is 0 Å². The summed E-state index contributed by atoms with van der Waals surface area (Å²) < 4.78 is 0. The molecule has 0 radical (unpaired) electrons. The van der Waals surface area contributed by atoms with E-state index in [9.17, 15) is 0 Å². The molecule has 1 aliphatic rings. The van der Waals surface area contributed by atoms with Crippen molar-refractivity contribution in [3.8, 4) is 0 Å². The molecule has 1 saturated carbocycles. The second-order valence-corrected chi connectivity index (χ2v) is 5.53. The Balaban J connectivity index is 2.48. The van der Waals surface area contributed by atoms with Gasteiger partial charge in [0.2, 0.25) is 0 Å². The maximum Gasteiger partial charge on any atom is 0.00953 e. The third-order valence-corrected chi connectivity index (χ3v) is 4.13. The normalized spacial score (nSPS) is 34.0. The molecular weight excluding hydrogens is 182 g/mol. The average molecular weight is 211 g/mol. The highest BCUT2D eigenvalue weighted by Gasteiger charge is 2.30. The Hall–Kier alpha value is -0.0400. The minimum absolute atomic E-state index is 0.766. The molecule has 90 valence electrons. The maximum absolute atomic E-state index is 3.74. The van der Waals surface area contributed by atoms with Crippen LogP contribution in [0.3, 0.4) is 0 Å². The van der Waals surface area contributed by atoms with E-state index in [1.807, 2.05) is 0 Å². The molecule has 4 atom stereocenters. The highest BCUT2D eigenvalue weighted by molar-refractivity contribution is 4.84. The molecule has 1 N–H and O–H groups in total. The maximum atomic E-state index is 3.74. The van der Waals surface area contributed by atoms with Crippen LogP contribution in [0.2, 0.25) is 0 Å². The van der Waals surface area contributed by atoms with Crippen LogP contribution in [0.4, 0.5) is 0 Å². The Morgan fingerprint density at radius 3 is 2.53 bits per heavy atom. The molecule has 1 rings (SSSR count). The largest absolute Gasteiger partial charge is 0.314 e. The second kappa shape index (κ2) is 6.52. The topological polar surface area (TPSA) is 12.0 Å². The van der Waals surface area contributed by atoms with Gasteiger partial charge in [-0.1, -0.05) is 40.5 Å². The Labute approximate surface area is 96.0 Å². The van der Waals surface area contributed by atoms with Crippen molar-refractivity contribution in [3.05, 3.63) is 0 Å². The van der Waals surface area contributed by atoms with Crippen LogP contribution in [0.1, 0.15) is 59.8 Å². The van der Waals surface area contributed by atoms with Gasteiger partial charge in [-0.2, -0.15) is 0 Å². The van der Waals surface area contributed by atoms with E-state index < -0.39 is 0 Å². The van der Waals surface area contributed by atoms with E-state index in [4.69, 9.17) is 0 Å². The molecule has 1 heteroatoms. The van der Waals surface area contributed by atoms with E-state index in [1.54, 1.807) is 0 Å². The summed E-state index contributed by atoms with van der Waals surface area (Å²) in [6.07, 6.45) is 6.88. The lowest BCUT2D eigenvalue weighted by Gasteiger charge is -2.38. The van der Waals surface area contributed by atoms with Crippen LogP contribution >= 0.6 is 0 Å². The summed E-state index contributed by atoms with van der Waals surface area (Å²) in [5.74, 6) is 2.80. The Morgan fingerprint density at radius 2 is 1.93 bits per heavy atom. The minimum Gasteiger partial charge on any atom is -0.314 e. The summed E-state index contributed by atoms with van der Waals surface area (Å²) in [6.45, 7) is 10.7. The van der Waals surface area contributed by atoms with E-state index >= 15 is 0 Å². The van der Waals surface area contributed by atoms with Crippen LogP contribution in [0.5, 0.6) is 0 Å². The average Bonchev–Trinajstić information content (AvgIpc) is 2.24. The summed E-state index contributed by atoms with van der Waals surface area (Å²) in [5.41, 5.74) is 0. The molecule has 1 nitrogen and oxygen atoms in total. The highest BCUT2D eigenvalue weighted by Crippen LogP contribution is 2.36. The van der Waals surface area contributed by atoms with E-state index in [1.165, 1.54) is 38.6 Å². The lowest BCUT2D eigenvalue weighted by atomic mass is 9.71. The lowest BCUT2D eigenvalue weighted by molar-refractivity contribution is 0.153. The molecule has 0 aromatic rings. The summed E-state index contributed by atoms with van der Waals surface area (Å²) in [5, 5.41) is 3.74. The van der Waals surface area contributed by atoms with Gasteiger partial charge in [-0.05, 0) is 43.6 Å². The van der Waals surface area contributed by atoms with Crippen molar-refractivity contribution in [1.29, 1.82) is 0 Å². The zero-order valence-electron chi connectivity index (χ0n) is 11.1. The highest BCUT2D eigenvalue weighted by atomic mass is 14.9. The van der Waals surface area contributed by atoms with Crippen LogP contribution < -0.4 is 5.32 Å². The quantitative estimate of drug-likeness (QED) is 0.728.